The fourth-order valence-corrected chi connectivity index (χ4v) is 7.38. The van der Waals surface area contributed by atoms with E-state index in [-0.39, 0.29) is 44.1 Å². The summed E-state index contributed by atoms with van der Waals surface area (Å²) in [4.78, 5) is 26.3. The molecule has 0 radical (unpaired) electrons. The van der Waals surface area contributed by atoms with Gasteiger partial charge in [-0.15, -0.1) is 0 Å². The first-order valence-electron chi connectivity index (χ1n) is 10.1. The van der Waals surface area contributed by atoms with Crippen LogP contribution >= 0.6 is 0 Å². The van der Waals surface area contributed by atoms with Gasteiger partial charge in [-0.25, -0.2) is 0 Å². The fourth-order valence-electron chi connectivity index (χ4n) is 3.41. The minimum atomic E-state index is -2.78. The maximum atomic E-state index is 13.2. The van der Waals surface area contributed by atoms with Crippen molar-refractivity contribution in [1.29, 1.82) is 0 Å². The van der Waals surface area contributed by atoms with Gasteiger partial charge in [0.15, 0.2) is 0 Å². The molecule has 27 heavy (non-hydrogen) atoms. The molecule has 4 nitrogen and oxygen atoms in total. The van der Waals surface area contributed by atoms with Crippen molar-refractivity contribution in [3.05, 3.63) is 12.2 Å². The molecule has 4 unspecified atom stereocenters. The Bertz CT molecular complexity index is 584. The van der Waals surface area contributed by atoms with Crippen LogP contribution in [0.3, 0.4) is 0 Å². The van der Waals surface area contributed by atoms with Crippen molar-refractivity contribution in [3.63, 3.8) is 0 Å². The summed E-state index contributed by atoms with van der Waals surface area (Å²) in [5, 5.41) is 0. The molecular weight excluding hydrogens is 461 g/mol. The zero-order valence-electron chi connectivity index (χ0n) is 18.8. The van der Waals surface area contributed by atoms with E-state index in [1.54, 1.807) is 0 Å². The minimum absolute atomic E-state index is 0.00266. The summed E-state index contributed by atoms with van der Waals surface area (Å²) in [5.74, 6) is 7.66. The van der Waals surface area contributed by atoms with Crippen LogP contribution in [0.5, 0.6) is 0 Å². The second kappa shape index (κ2) is 7.23. The summed E-state index contributed by atoms with van der Waals surface area (Å²) >= 11 is -5.57. The van der Waals surface area contributed by atoms with E-state index in [1.165, 1.54) is 0 Å². The average Bonchev–Trinajstić information content (AvgIpc) is 3.03. The molecule has 0 aromatic heterocycles. The Labute approximate surface area is 171 Å². The first kappa shape index (κ1) is 23.0. The summed E-state index contributed by atoms with van der Waals surface area (Å²) in [6.07, 6.45) is 5.08. The Balaban J connectivity index is 2.22. The molecule has 2 rings (SSSR count). The van der Waals surface area contributed by atoms with Crippen molar-refractivity contribution in [2.24, 2.45) is 23.7 Å². The van der Waals surface area contributed by atoms with Gasteiger partial charge in [-0.3, -0.25) is 0 Å². The van der Waals surface area contributed by atoms with Crippen molar-refractivity contribution in [2.75, 3.05) is 0 Å². The second-order valence-corrected chi connectivity index (χ2v) is 31.2. The molecule has 0 aromatic carbocycles. The van der Waals surface area contributed by atoms with E-state index in [0.29, 0.717) is 0 Å². The number of hydrogen-bond donors (Lipinski definition) is 0. The van der Waals surface area contributed by atoms with E-state index in [2.05, 4.69) is 76.7 Å². The van der Waals surface area contributed by atoms with Gasteiger partial charge in [0.2, 0.25) is 0 Å². The van der Waals surface area contributed by atoms with Crippen molar-refractivity contribution in [2.45, 2.75) is 79.5 Å². The first-order chi connectivity index (χ1) is 12.0. The molecule has 154 valence electrons. The summed E-state index contributed by atoms with van der Waals surface area (Å²) < 4.78 is 12.3. The molecule has 1 fully saturated rings. The second-order valence-electron chi connectivity index (χ2n) is 11.4. The van der Waals surface area contributed by atoms with Crippen LogP contribution in [0.2, 0.25) is 31.5 Å². The van der Waals surface area contributed by atoms with E-state index in [4.69, 9.17) is 7.53 Å². The van der Waals surface area contributed by atoms with Gasteiger partial charge >= 0.3 is 172 Å². The van der Waals surface area contributed by atoms with Gasteiger partial charge in [-0.1, -0.05) is 0 Å². The Hall–Kier alpha value is -0.234. The zero-order valence-corrected chi connectivity index (χ0v) is 23.0. The predicted octanol–water partition coefficient (Wildman–Crippen LogP) is 5.52. The molecule has 0 aromatic rings. The summed E-state index contributed by atoms with van der Waals surface area (Å²) in [7, 11) is 0. The molecule has 6 heteroatoms. The van der Waals surface area contributed by atoms with E-state index < -0.39 is 27.2 Å². The molecular formula is C21H38Ge2O4. The number of hydrogen-bond acceptors (Lipinski definition) is 4. The SMILES string of the molecule is C[C](C)(C)[Ge]([CH3])([CH3])[O]C(=O)C1C2C=CC(C2)C1C(=O)[O][Ge]([CH3])([CH3])[C](C)(C)C. The van der Waals surface area contributed by atoms with Crippen LogP contribution in [0, 0.1) is 23.7 Å². The standard InChI is InChI=1S/C21H38Ge2O4/c1-20(2,3)22(7,8)26-18(24)16-14-11-12-15(13-14)17(16)19(25)27-23(9,10)21(4,5)6/h11-12,14-17H,13H2,1-10H3. The third-order valence-electron chi connectivity index (χ3n) is 7.33. The topological polar surface area (TPSA) is 52.6 Å². The molecule has 0 aliphatic heterocycles. The average molecular weight is 500 g/mol. The van der Waals surface area contributed by atoms with Crippen LogP contribution < -0.4 is 0 Å². The normalized spacial score (nSPS) is 28.4. The number of carbonyl (C=O) groups excluding carboxylic acids is 2. The number of rotatable bonds is 4. The molecule has 0 saturated heterocycles. The predicted molar refractivity (Wildman–Crippen MR) is 114 cm³/mol. The molecule has 0 amide bonds. The van der Waals surface area contributed by atoms with Gasteiger partial charge in [0.05, 0.1) is 0 Å². The zero-order chi connectivity index (χ0) is 21.0. The van der Waals surface area contributed by atoms with E-state index in [0.717, 1.165) is 6.42 Å². The van der Waals surface area contributed by atoms with Crippen molar-refractivity contribution in [3.8, 4) is 0 Å². The van der Waals surface area contributed by atoms with Gasteiger partial charge in [-0.05, 0) is 0 Å². The van der Waals surface area contributed by atoms with Crippen LogP contribution in [0.15, 0.2) is 12.2 Å². The third-order valence-corrected chi connectivity index (χ3v) is 25.5. The van der Waals surface area contributed by atoms with E-state index in [9.17, 15) is 9.59 Å². The fraction of sp³-hybridized carbons (Fsp3) is 0.810. The number of fused-ring (bicyclic) bond motifs is 2. The van der Waals surface area contributed by atoms with Crippen molar-refractivity contribution < 1.29 is 17.1 Å². The van der Waals surface area contributed by atoms with Gasteiger partial charge in [0.25, 0.3) is 0 Å². The summed E-state index contributed by atoms with van der Waals surface area (Å²) in [6.45, 7) is 12.9. The number of carbonyl (C=O) groups is 2. The summed E-state index contributed by atoms with van der Waals surface area (Å²) in [5.41, 5.74) is 0. The Morgan fingerprint density at radius 2 is 1.04 bits per heavy atom. The quantitative estimate of drug-likeness (QED) is 0.377. The molecule has 1 saturated carbocycles. The Morgan fingerprint density at radius 1 is 0.741 bits per heavy atom. The monoisotopic (exact) mass is 502 g/mol. The molecule has 2 bridgehead atoms. The first-order valence-corrected chi connectivity index (χ1v) is 22.3. The van der Waals surface area contributed by atoms with Gasteiger partial charge in [-0.2, -0.15) is 0 Å². The van der Waals surface area contributed by atoms with Crippen LogP contribution in [-0.2, 0) is 17.1 Å². The van der Waals surface area contributed by atoms with Crippen molar-refractivity contribution >= 4 is 39.1 Å². The van der Waals surface area contributed by atoms with Crippen LogP contribution in [0.4, 0.5) is 0 Å². The third kappa shape index (κ3) is 4.52. The van der Waals surface area contributed by atoms with Gasteiger partial charge in [0, 0.05) is 0 Å². The van der Waals surface area contributed by atoms with E-state index in [1.807, 2.05) is 0 Å². The van der Waals surface area contributed by atoms with Gasteiger partial charge in [0.1, 0.15) is 0 Å². The van der Waals surface area contributed by atoms with E-state index >= 15 is 0 Å². The number of allylic oxidation sites excluding steroid dienone is 2. The van der Waals surface area contributed by atoms with Crippen LogP contribution in [0.1, 0.15) is 48.0 Å². The van der Waals surface area contributed by atoms with Crippen molar-refractivity contribution in [1.82, 2.24) is 0 Å². The molecule has 4 atom stereocenters. The molecule has 0 heterocycles. The molecule has 2 aliphatic rings. The maximum absolute atomic E-state index is 13.2. The molecule has 0 spiro atoms. The Morgan fingerprint density at radius 3 is 1.30 bits per heavy atom. The van der Waals surface area contributed by atoms with Gasteiger partial charge < -0.3 is 0 Å². The van der Waals surface area contributed by atoms with Crippen LogP contribution in [0.25, 0.3) is 0 Å². The Kier molecular flexibility index (Phi) is 6.17. The van der Waals surface area contributed by atoms with Crippen LogP contribution in [-0.4, -0.2) is 39.1 Å². The summed E-state index contributed by atoms with van der Waals surface area (Å²) in [6, 6.07) is 0. The molecule has 2 aliphatic carbocycles. The molecule has 0 N–H and O–H groups in total.